The molecule has 2 aromatic heterocycles. The molecule has 3 rings (SSSR count). The van der Waals surface area contributed by atoms with Gasteiger partial charge in [-0.1, -0.05) is 6.07 Å². The summed E-state index contributed by atoms with van der Waals surface area (Å²) in [7, 11) is 2.06. The zero-order valence-corrected chi connectivity index (χ0v) is 12.8. The number of hydrogen-bond acceptors (Lipinski definition) is 4. The van der Waals surface area contributed by atoms with Crippen LogP contribution in [0.5, 0.6) is 0 Å². The fourth-order valence-electron chi connectivity index (χ4n) is 2.93. The van der Waals surface area contributed by atoms with Gasteiger partial charge in [0.2, 0.25) is 0 Å². The van der Waals surface area contributed by atoms with E-state index >= 15 is 0 Å². The Bertz CT molecular complexity index is 565. The van der Waals surface area contributed by atoms with Gasteiger partial charge in [-0.15, -0.1) is 0 Å². The first-order valence-corrected chi connectivity index (χ1v) is 7.54. The van der Waals surface area contributed by atoms with Gasteiger partial charge in [0.05, 0.1) is 6.54 Å². The fourth-order valence-corrected chi connectivity index (χ4v) is 2.93. The molecule has 3 heterocycles. The second-order valence-electron chi connectivity index (χ2n) is 5.87. The maximum atomic E-state index is 4.43. The lowest BCUT2D eigenvalue weighted by molar-refractivity contribution is 0.0707. The molecule has 1 aliphatic heterocycles. The van der Waals surface area contributed by atoms with Crippen LogP contribution in [0.4, 0.5) is 0 Å². The fraction of sp³-hybridized carbons (Fsp3) is 0.500. The van der Waals surface area contributed by atoms with E-state index in [0.29, 0.717) is 6.04 Å². The highest BCUT2D eigenvalue weighted by molar-refractivity contribution is 5.08. The Morgan fingerprint density at radius 2 is 2.14 bits per heavy atom. The molecule has 0 amide bonds. The number of hydrogen-bond donors (Lipinski definition) is 0. The van der Waals surface area contributed by atoms with Crippen LogP contribution in [0, 0.1) is 0 Å². The van der Waals surface area contributed by atoms with Crippen molar-refractivity contribution >= 4 is 0 Å². The lowest BCUT2D eigenvalue weighted by Gasteiger charge is -2.39. The van der Waals surface area contributed by atoms with E-state index in [1.165, 1.54) is 5.56 Å². The first kappa shape index (κ1) is 14.2. The summed E-state index contributed by atoms with van der Waals surface area (Å²) in [6.07, 6.45) is 7.68. The van der Waals surface area contributed by atoms with Crippen molar-refractivity contribution in [3.8, 4) is 0 Å². The van der Waals surface area contributed by atoms with Gasteiger partial charge in [-0.2, -0.15) is 0 Å². The summed E-state index contributed by atoms with van der Waals surface area (Å²) in [6.45, 7) is 7.52. The van der Waals surface area contributed by atoms with Crippen molar-refractivity contribution in [2.45, 2.75) is 26.1 Å². The number of nitrogens with zero attached hydrogens (tertiary/aromatic N) is 5. The Balaban J connectivity index is 1.56. The van der Waals surface area contributed by atoms with Gasteiger partial charge < -0.3 is 4.57 Å². The Labute approximate surface area is 126 Å². The highest BCUT2D eigenvalue weighted by Crippen LogP contribution is 2.15. The largest absolute Gasteiger partial charge is 0.337 e. The normalized spacial score (nSPS) is 20.8. The molecule has 1 saturated heterocycles. The molecule has 1 aliphatic rings. The molecule has 0 radical (unpaired) electrons. The zero-order valence-electron chi connectivity index (χ0n) is 12.8. The number of imidazole rings is 1. The summed E-state index contributed by atoms with van der Waals surface area (Å²) >= 11 is 0. The third-order valence-electron chi connectivity index (χ3n) is 4.24. The summed E-state index contributed by atoms with van der Waals surface area (Å²) in [6, 6.07) is 4.71. The molecule has 1 atom stereocenters. The van der Waals surface area contributed by atoms with Crippen molar-refractivity contribution in [2.24, 2.45) is 7.05 Å². The molecule has 1 fully saturated rings. The van der Waals surface area contributed by atoms with Crippen molar-refractivity contribution in [3.05, 3.63) is 48.3 Å². The molecule has 0 aromatic carbocycles. The van der Waals surface area contributed by atoms with Crippen LogP contribution in [0.25, 0.3) is 0 Å². The summed E-state index contributed by atoms with van der Waals surface area (Å²) in [5.74, 6) is 1.14. The highest BCUT2D eigenvalue weighted by Gasteiger charge is 2.24. The number of pyridine rings is 1. The van der Waals surface area contributed by atoms with Crippen LogP contribution >= 0.6 is 0 Å². The van der Waals surface area contributed by atoms with E-state index in [1.807, 2.05) is 30.9 Å². The standard InChI is InChI=1S/C16H23N5/c1-14-11-20(12-15-4-3-5-17-10-15)8-9-21(14)13-16-18-6-7-19(16)2/h3-7,10,14H,8-9,11-13H2,1-2H3/t14-/m1/s1. The Kier molecular flexibility index (Phi) is 4.31. The van der Waals surface area contributed by atoms with Crippen LogP contribution < -0.4 is 0 Å². The van der Waals surface area contributed by atoms with Crippen molar-refractivity contribution in [2.75, 3.05) is 19.6 Å². The topological polar surface area (TPSA) is 37.2 Å². The van der Waals surface area contributed by atoms with E-state index < -0.39 is 0 Å². The predicted molar refractivity (Wildman–Crippen MR) is 82.6 cm³/mol. The molecular weight excluding hydrogens is 262 g/mol. The van der Waals surface area contributed by atoms with Gasteiger partial charge >= 0.3 is 0 Å². The van der Waals surface area contributed by atoms with Crippen LogP contribution in [0.1, 0.15) is 18.3 Å². The highest BCUT2D eigenvalue weighted by atomic mass is 15.3. The molecule has 21 heavy (non-hydrogen) atoms. The molecule has 0 bridgehead atoms. The first-order chi connectivity index (χ1) is 10.2. The number of rotatable bonds is 4. The van der Waals surface area contributed by atoms with Crippen LogP contribution in [0.3, 0.4) is 0 Å². The Morgan fingerprint density at radius 1 is 1.24 bits per heavy atom. The van der Waals surface area contributed by atoms with Crippen molar-refractivity contribution in [1.29, 1.82) is 0 Å². The van der Waals surface area contributed by atoms with E-state index in [4.69, 9.17) is 0 Å². The second kappa shape index (κ2) is 6.37. The second-order valence-corrected chi connectivity index (χ2v) is 5.87. The minimum atomic E-state index is 0.548. The van der Waals surface area contributed by atoms with E-state index in [9.17, 15) is 0 Å². The molecule has 112 valence electrons. The average Bonchev–Trinajstić information content (AvgIpc) is 2.88. The minimum Gasteiger partial charge on any atom is -0.337 e. The van der Waals surface area contributed by atoms with E-state index in [0.717, 1.165) is 38.5 Å². The third kappa shape index (κ3) is 3.49. The van der Waals surface area contributed by atoms with Gasteiger partial charge in [0.15, 0.2) is 0 Å². The van der Waals surface area contributed by atoms with Crippen LogP contribution in [0.15, 0.2) is 36.9 Å². The molecular formula is C16H23N5. The molecule has 0 N–H and O–H groups in total. The van der Waals surface area contributed by atoms with Crippen LogP contribution in [-0.4, -0.2) is 50.0 Å². The van der Waals surface area contributed by atoms with E-state index in [-0.39, 0.29) is 0 Å². The summed E-state index contributed by atoms with van der Waals surface area (Å²) in [4.78, 5) is 13.7. The molecule has 0 saturated carbocycles. The van der Waals surface area contributed by atoms with Crippen molar-refractivity contribution in [1.82, 2.24) is 24.3 Å². The Morgan fingerprint density at radius 3 is 2.81 bits per heavy atom. The average molecular weight is 285 g/mol. The maximum absolute atomic E-state index is 4.43. The minimum absolute atomic E-state index is 0.548. The number of aromatic nitrogens is 3. The van der Waals surface area contributed by atoms with Gasteiger partial charge in [-0.3, -0.25) is 14.8 Å². The predicted octanol–water partition coefficient (Wildman–Crippen LogP) is 1.52. The SMILES string of the molecule is C[C@@H]1CN(Cc2cccnc2)CCN1Cc1nccn1C. The molecule has 5 nitrogen and oxygen atoms in total. The van der Waals surface area contributed by atoms with E-state index in [1.54, 1.807) is 0 Å². The van der Waals surface area contributed by atoms with Crippen LogP contribution in [0.2, 0.25) is 0 Å². The lowest BCUT2D eigenvalue weighted by atomic mass is 10.1. The Hall–Kier alpha value is -1.72. The smallest absolute Gasteiger partial charge is 0.122 e. The third-order valence-corrected chi connectivity index (χ3v) is 4.24. The summed E-state index contributed by atoms with van der Waals surface area (Å²) < 4.78 is 2.11. The van der Waals surface area contributed by atoms with Crippen molar-refractivity contribution in [3.63, 3.8) is 0 Å². The van der Waals surface area contributed by atoms with Gasteiger partial charge in [0.25, 0.3) is 0 Å². The maximum Gasteiger partial charge on any atom is 0.122 e. The first-order valence-electron chi connectivity index (χ1n) is 7.54. The molecule has 0 spiro atoms. The molecule has 5 heteroatoms. The monoisotopic (exact) mass is 285 g/mol. The zero-order chi connectivity index (χ0) is 14.7. The van der Waals surface area contributed by atoms with Gasteiger partial charge in [-0.05, 0) is 18.6 Å². The van der Waals surface area contributed by atoms with Gasteiger partial charge in [0.1, 0.15) is 5.82 Å². The van der Waals surface area contributed by atoms with Gasteiger partial charge in [-0.25, -0.2) is 4.98 Å². The molecule has 2 aromatic rings. The van der Waals surface area contributed by atoms with Crippen LogP contribution in [-0.2, 0) is 20.1 Å². The summed E-state index contributed by atoms with van der Waals surface area (Å²) in [5.41, 5.74) is 1.29. The van der Waals surface area contributed by atoms with E-state index in [2.05, 4.69) is 44.4 Å². The number of piperazine rings is 1. The van der Waals surface area contributed by atoms with Gasteiger partial charge in [0, 0.05) is 64.1 Å². The van der Waals surface area contributed by atoms with Crippen molar-refractivity contribution < 1.29 is 0 Å². The number of aryl methyl sites for hydroxylation is 1. The molecule has 0 unspecified atom stereocenters. The summed E-state index contributed by atoms with van der Waals surface area (Å²) in [5, 5.41) is 0. The lowest BCUT2D eigenvalue weighted by Crippen LogP contribution is -2.51. The molecule has 0 aliphatic carbocycles. The quantitative estimate of drug-likeness (QED) is 0.853.